The van der Waals surface area contributed by atoms with Gasteiger partial charge in [-0.15, -0.1) is 0 Å². The van der Waals surface area contributed by atoms with E-state index in [1.54, 1.807) is 6.92 Å². The molecule has 0 radical (unpaired) electrons. The van der Waals surface area contributed by atoms with E-state index >= 15 is 0 Å². The molecule has 0 unspecified atom stereocenters. The van der Waals surface area contributed by atoms with Crippen molar-refractivity contribution < 1.29 is 19.8 Å². The summed E-state index contributed by atoms with van der Waals surface area (Å²) in [6.07, 6.45) is 5.81. The average molecular weight is 334 g/mol. The minimum absolute atomic E-state index is 0.0206. The lowest BCUT2D eigenvalue weighted by Gasteiger charge is -2.62. The predicted octanol–water partition coefficient (Wildman–Crippen LogP) is 3.58. The predicted molar refractivity (Wildman–Crippen MR) is 91.4 cm³/mol. The lowest BCUT2D eigenvalue weighted by molar-refractivity contribution is -0.213. The van der Waals surface area contributed by atoms with Gasteiger partial charge in [-0.2, -0.15) is 0 Å². The van der Waals surface area contributed by atoms with Crippen LogP contribution in [0, 0.1) is 28.6 Å². The van der Waals surface area contributed by atoms with E-state index in [1.807, 2.05) is 13.0 Å². The number of ketones is 1. The number of hydrogen-bond donors (Lipinski definition) is 2. The highest BCUT2D eigenvalue weighted by Gasteiger charge is 2.67. The normalized spacial score (nSPS) is 45.4. The molecule has 24 heavy (non-hydrogen) atoms. The number of rotatable bonds is 2. The third kappa shape index (κ3) is 2.15. The topological polar surface area (TPSA) is 74.6 Å². The summed E-state index contributed by atoms with van der Waals surface area (Å²) >= 11 is 0. The molecule has 0 aromatic rings. The molecule has 3 rings (SSSR count). The minimum atomic E-state index is -1.11. The highest BCUT2D eigenvalue weighted by molar-refractivity contribution is 5.87. The maximum Gasteiger partial charge on any atom is 0.309 e. The second-order valence-corrected chi connectivity index (χ2v) is 9.01. The van der Waals surface area contributed by atoms with Gasteiger partial charge in [0.15, 0.2) is 0 Å². The fourth-order valence-corrected chi connectivity index (χ4v) is 5.83. The second-order valence-electron chi connectivity index (χ2n) is 9.01. The molecule has 2 fully saturated rings. The quantitative estimate of drug-likeness (QED) is 0.757. The molecule has 4 nitrogen and oxygen atoms in total. The van der Waals surface area contributed by atoms with Crippen molar-refractivity contribution in [3.05, 3.63) is 11.6 Å². The van der Waals surface area contributed by atoms with Crippen molar-refractivity contribution >= 4 is 11.8 Å². The molecule has 0 bridgehead atoms. The molecular formula is C20H30O4. The standard InChI is InChI=1S/C20H30O4/c1-12(2)13-6-9-20(24)14(10-13)15(21)11-16-18(3,17(22)23)7-5-8-19(16,20)4/h10,12,14,16,24H,5-9,11H2,1-4H3,(H,22,23)/t14-,16-,18-,19+,20-/m1/s1. The Morgan fingerprint density at radius 2 is 1.92 bits per heavy atom. The van der Waals surface area contributed by atoms with Crippen LogP contribution in [0.5, 0.6) is 0 Å². The second kappa shape index (κ2) is 5.42. The first-order chi connectivity index (χ1) is 11.1. The van der Waals surface area contributed by atoms with E-state index < -0.39 is 28.3 Å². The third-order valence-corrected chi connectivity index (χ3v) is 7.59. The molecule has 2 N–H and O–H groups in total. The molecule has 0 aliphatic heterocycles. The number of fused-ring (bicyclic) bond motifs is 3. The van der Waals surface area contributed by atoms with Crippen molar-refractivity contribution in [1.29, 1.82) is 0 Å². The summed E-state index contributed by atoms with van der Waals surface area (Å²) in [5.41, 5.74) is -1.30. The van der Waals surface area contributed by atoms with Gasteiger partial charge in [0.05, 0.1) is 16.9 Å². The van der Waals surface area contributed by atoms with Gasteiger partial charge in [0, 0.05) is 11.8 Å². The van der Waals surface area contributed by atoms with Crippen LogP contribution >= 0.6 is 0 Å². The number of Topliss-reactive ketones (excluding diaryl/α,β-unsaturated/α-hetero) is 1. The van der Waals surface area contributed by atoms with Crippen molar-refractivity contribution in [2.75, 3.05) is 0 Å². The van der Waals surface area contributed by atoms with Crippen LogP contribution in [-0.4, -0.2) is 27.6 Å². The Hall–Kier alpha value is -1.16. The van der Waals surface area contributed by atoms with Crippen molar-refractivity contribution in [3.8, 4) is 0 Å². The Morgan fingerprint density at radius 3 is 2.50 bits per heavy atom. The van der Waals surface area contributed by atoms with Gasteiger partial charge in [0.2, 0.25) is 0 Å². The highest BCUT2D eigenvalue weighted by atomic mass is 16.4. The van der Waals surface area contributed by atoms with Gasteiger partial charge in [-0.1, -0.05) is 38.8 Å². The lowest BCUT2D eigenvalue weighted by Crippen LogP contribution is -2.67. The molecule has 2 saturated carbocycles. The first-order valence-electron chi connectivity index (χ1n) is 9.25. The number of aliphatic carboxylic acids is 1. The van der Waals surface area contributed by atoms with Crippen LogP contribution in [0.4, 0.5) is 0 Å². The molecule has 0 aromatic heterocycles. The third-order valence-electron chi connectivity index (χ3n) is 7.59. The molecule has 3 aliphatic rings. The summed E-state index contributed by atoms with van der Waals surface area (Å²) in [5.74, 6) is -1.20. The molecule has 0 spiro atoms. The van der Waals surface area contributed by atoms with E-state index in [-0.39, 0.29) is 18.1 Å². The van der Waals surface area contributed by atoms with Crippen LogP contribution in [0.3, 0.4) is 0 Å². The molecule has 0 heterocycles. The Kier molecular flexibility index (Phi) is 3.99. The maximum absolute atomic E-state index is 12.9. The molecule has 134 valence electrons. The molecule has 0 amide bonds. The molecule has 0 saturated heterocycles. The maximum atomic E-state index is 12.9. The van der Waals surface area contributed by atoms with Crippen molar-refractivity contribution in [2.45, 2.75) is 71.8 Å². The average Bonchev–Trinajstić information content (AvgIpc) is 2.50. The number of carboxylic acids is 1. The summed E-state index contributed by atoms with van der Waals surface area (Å²) in [7, 11) is 0. The summed E-state index contributed by atoms with van der Waals surface area (Å²) in [6.45, 7) is 8.05. The first-order valence-corrected chi connectivity index (χ1v) is 9.25. The Bertz CT molecular complexity index is 607. The smallest absolute Gasteiger partial charge is 0.309 e. The largest absolute Gasteiger partial charge is 0.481 e. The van der Waals surface area contributed by atoms with Crippen LogP contribution in [0.25, 0.3) is 0 Å². The first kappa shape index (κ1) is 17.7. The van der Waals surface area contributed by atoms with Crippen LogP contribution in [0.2, 0.25) is 0 Å². The highest BCUT2D eigenvalue weighted by Crippen LogP contribution is 2.64. The van der Waals surface area contributed by atoms with E-state index in [0.29, 0.717) is 18.8 Å². The Morgan fingerprint density at radius 1 is 1.25 bits per heavy atom. The van der Waals surface area contributed by atoms with Gasteiger partial charge < -0.3 is 10.2 Å². The fraction of sp³-hybridized carbons (Fsp3) is 0.800. The number of carbonyl (C=O) groups excluding carboxylic acids is 1. The minimum Gasteiger partial charge on any atom is -0.481 e. The number of carbonyl (C=O) groups is 2. The van der Waals surface area contributed by atoms with E-state index in [2.05, 4.69) is 13.8 Å². The zero-order valence-corrected chi connectivity index (χ0v) is 15.3. The van der Waals surface area contributed by atoms with E-state index in [1.165, 1.54) is 5.57 Å². The van der Waals surface area contributed by atoms with Gasteiger partial charge in [-0.05, 0) is 44.4 Å². The lowest BCUT2D eigenvalue weighted by atomic mass is 9.42. The molecule has 4 heteroatoms. The summed E-state index contributed by atoms with van der Waals surface area (Å²) in [5, 5.41) is 21.5. The number of aliphatic hydroxyl groups is 1. The Labute approximate surface area is 144 Å². The molecule has 3 aliphatic carbocycles. The van der Waals surface area contributed by atoms with Gasteiger partial charge >= 0.3 is 5.97 Å². The van der Waals surface area contributed by atoms with Gasteiger partial charge in [0.25, 0.3) is 0 Å². The van der Waals surface area contributed by atoms with E-state index in [0.717, 1.165) is 19.3 Å². The van der Waals surface area contributed by atoms with Gasteiger partial charge in [-0.25, -0.2) is 0 Å². The van der Waals surface area contributed by atoms with Crippen molar-refractivity contribution in [2.24, 2.45) is 28.6 Å². The van der Waals surface area contributed by atoms with Crippen LogP contribution in [0.15, 0.2) is 11.6 Å². The monoisotopic (exact) mass is 334 g/mol. The zero-order valence-electron chi connectivity index (χ0n) is 15.3. The van der Waals surface area contributed by atoms with Crippen molar-refractivity contribution in [3.63, 3.8) is 0 Å². The number of carboxylic acid groups (broad SMARTS) is 1. The van der Waals surface area contributed by atoms with Crippen LogP contribution < -0.4 is 0 Å². The SMILES string of the molecule is CC(C)C1=C[C@@H]2C(=O)C[C@@H]3[C@](C)(C(=O)O)CCC[C@]3(C)[C@@]2(O)CC1. The molecular weight excluding hydrogens is 304 g/mol. The molecule has 0 aromatic carbocycles. The molecule has 5 atom stereocenters. The van der Waals surface area contributed by atoms with Gasteiger partial charge in [-0.3, -0.25) is 9.59 Å². The zero-order chi connectivity index (χ0) is 17.9. The van der Waals surface area contributed by atoms with Crippen LogP contribution in [-0.2, 0) is 9.59 Å². The Balaban J connectivity index is 2.09. The van der Waals surface area contributed by atoms with Crippen molar-refractivity contribution in [1.82, 2.24) is 0 Å². The summed E-state index contributed by atoms with van der Waals surface area (Å²) in [6, 6.07) is 0. The van der Waals surface area contributed by atoms with Gasteiger partial charge in [0.1, 0.15) is 5.78 Å². The van der Waals surface area contributed by atoms with E-state index in [9.17, 15) is 19.8 Å². The van der Waals surface area contributed by atoms with E-state index in [4.69, 9.17) is 0 Å². The fourth-order valence-electron chi connectivity index (χ4n) is 5.83. The summed E-state index contributed by atoms with van der Waals surface area (Å²) < 4.78 is 0. The number of allylic oxidation sites excluding steroid dienone is 1. The van der Waals surface area contributed by atoms with Crippen LogP contribution in [0.1, 0.15) is 66.2 Å². The summed E-state index contributed by atoms with van der Waals surface area (Å²) in [4.78, 5) is 24.9. The number of hydrogen-bond acceptors (Lipinski definition) is 3.